The molecule has 0 saturated heterocycles. The van der Waals surface area contributed by atoms with Crippen molar-refractivity contribution in [2.45, 2.75) is 46.2 Å². The van der Waals surface area contributed by atoms with Crippen molar-refractivity contribution in [1.29, 1.82) is 0 Å². The van der Waals surface area contributed by atoms with E-state index in [9.17, 15) is 9.59 Å². The Labute approximate surface area is 191 Å². The first-order valence-electron chi connectivity index (χ1n) is 11.2. The van der Waals surface area contributed by atoms with Crippen LogP contribution in [0.15, 0.2) is 78.9 Å². The van der Waals surface area contributed by atoms with E-state index in [1.54, 1.807) is 4.90 Å². The van der Waals surface area contributed by atoms with E-state index in [0.717, 1.165) is 27.8 Å². The molecule has 0 aliphatic heterocycles. The van der Waals surface area contributed by atoms with Gasteiger partial charge in [0.25, 0.3) is 0 Å². The highest BCUT2D eigenvalue weighted by atomic mass is 16.2. The fourth-order valence-corrected chi connectivity index (χ4v) is 4.07. The minimum atomic E-state index is -0.587. The van der Waals surface area contributed by atoms with Gasteiger partial charge in [0, 0.05) is 19.5 Å². The van der Waals surface area contributed by atoms with Gasteiger partial charge in [-0.25, -0.2) is 0 Å². The number of likely N-dealkylation sites (N-methyl/N-ethyl adjacent to an activating group) is 1. The topological polar surface area (TPSA) is 49.4 Å². The van der Waals surface area contributed by atoms with E-state index in [1.807, 2.05) is 93.6 Å². The van der Waals surface area contributed by atoms with Crippen molar-refractivity contribution in [3.05, 3.63) is 107 Å². The summed E-state index contributed by atoms with van der Waals surface area (Å²) in [6.07, 6.45) is 0.734. The van der Waals surface area contributed by atoms with E-state index in [1.165, 1.54) is 0 Å². The van der Waals surface area contributed by atoms with Crippen molar-refractivity contribution in [1.82, 2.24) is 10.2 Å². The quantitative estimate of drug-likeness (QED) is 0.541. The number of carbonyl (C=O) groups excluding carboxylic acids is 2. The van der Waals surface area contributed by atoms with Crippen LogP contribution in [-0.2, 0) is 29.0 Å². The van der Waals surface area contributed by atoms with Crippen LogP contribution in [0.1, 0.15) is 34.7 Å². The molecule has 32 heavy (non-hydrogen) atoms. The number of nitrogens with one attached hydrogen (secondary N) is 1. The third kappa shape index (κ3) is 6.55. The number of rotatable bonds is 9. The molecule has 1 atom stereocenters. The summed E-state index contributed by atoms with van der Waals surface area (Å²) in [5.74, 6) is -0.174. The van der Waals surface area contributed by atoms with Crippen LogP contribution < -0.4 is 5.32 Å². The molecule has 3 aromatic carbocycles. The lowest BCUT2D eigenvalue weighted by atomic mass is 10.0. The van der Waals surface area contributed by atoms with Crippen LogP contribution in [0.4, 0.5) is 0 Å². The largest absolute Gasteiger partial charge is 0.355 e. The molecule has 0 aromatic heterocycles. The maximum Gasteiger partial charge on any atom is 0.243 e. The van der Waals surface area contributed by atoms with Crippen LogP contribution >= 0.6 is 0 Å². The average molecular weight is 429 g/mol. The summed E-state index contributed by atoms with van der Waals surface area (Å²) < 4.78 is 0. The second-order valence-electron chi connectivity index (χ2n) is 8.28. The predicted molar refractivity (Wildman–Crippen MR) is 129 cm³/mol. The van der Waals surface area contributed by atoms with Crippen LogP contribution in [0, 0.1) is 13.8 Å². The Bertz CT molecular complexity index is 1010. The number of benzene rings is 3. The zero-order valence-corrected chi connectivity index (χ0v) is 19.2. The first-order chi connectivity index (χ1) is 15.5. The Morgan fingerprint density at radius 1 is 0.812 bits per heavy atom. The molecule has 0 fully saturated rings. The highest BCUT2D eigenvalue weighted by Gasteiger charge is 2.30. The molecule has 3 aromatic rings. The molecular formula is C28H32N2O2. The van der Waals surface area contributed by atoms with Gasteiger partial charge in [-0.1, -0.05) is 90.0 Å². The van der Waals surface area contributed by atoms with Gasteiger partial charge in [0.1, 0.15) is 6.04 Å². The van der Waals surface area contributed by atoms with Gasteiger partial charge in [-0.15, -0.1) is 0 Å². The van der Waals surface area contributed by atoms with Gasteiger partial charge in [0.15, 0.2) is 0 Å². The normalized spacial score (nSPS) is 11.6. The first-order valence-corrected chi connectivity index (χ1v) is 11.2. The smallest absolute Gasteiger partial charge is 0.243 e. The van der Waals surface area contributed by atoms with Gasteiger partial charge in [-0.2, -0.15) is 0 Å². The van der Waals surface area contributed by atoms with E-state index in [2.05, 4.69) is 11.4 Å². The SMILES string of the molecule is CCNC(=O)[C@H](Cc1ccccc1)N(Cc1ccccc1)C(=O)Cc1cc(C)cc(C)c1. The summed E-state index contributed by atoms with van der Waals surface area (Å²) >= 11 is 0. The second kappa shape index (κ2) is 11.3. The first kappa shape index (κ1) is 23.3. The molecule has 166 valence electrons. The van der Waals surface area contributed by atoms with Crippen molar-refractivity contribution in [2.75, 3.05) is 6.54 Å². The summed E-state index contributed by atoms with van der Waals surface area (Å²) in [5.41, 5.74) is 5.27. The Hall–Kier alpha value is -3.40. The number of carbonyl (C=O) groups is 2. The monoisotopic (exact) mass is 428 g/mol. The fourth-order valence-electron chi connectivity index (χ4n) is 4.07. The Morgan fingerprint density at radius 2 is 1.38 bits per heavy atom. The molecule has 4 heteroatoms. The van der Waals surface area contributed by atoms with Crippen LogP contribution in [0.3, 0.4) is 0 Å². The maximum absolute atomic E-state index is 13.6. The van der Waals surface area contributed by atoms with Gasteiger partial charge >= 0.3 is 0 Å². The molecule has 0 aliphatic rings. The van der Waals surface area contributed by atoms with Crippen LogP contribution in [-0.4, -0.2) is 29.3 Å². The molecule has 0 bridgehead atoms. The Balaban J connectivity index is 1.95. The minimum Gasteiger partial charge on any atom is -0.355 e. The molecule has 0 radical (unpaired) electrons. The molecule has 0 heterocycles. The van der Waals surface area contributed by atoms with Gasteiger partial charge in [-0.05, 0) is 37.5 Å². The van der Waals surface area contributed by atoms with Crippen molar-refractivity contribution in [2.24, 2.45) is 0 Å². The van der Waals surface area contributed by atoms with Crippen LogP contribution in [0.25, 0.3) is 0 Å². The van der Waals surface area contributed by atoms with E-state index in [4.69, 9.17) is 0 Å². The fraction of sp³-hybridized carbons (Fsp3) is 0.286. The molecule has 0 spiro atoms. The summed E-state index contributed by atoms with van der Waals surface area (Å²) in [7, 11) is 0. The highest BCUT2D eigenvalue weighted by molar-refractivity contribution is 5.88. The molecule has 4 nitrogen and oxygen atoms in total. The van der Waals surface area contributed by atoms with Gasteiger partial charge in [0.2, 0.25) is 11.8 Å². The molecule has 0 saturated carbocycles. The lowest BCUT2D eigenvalue weighted by Gasteiger charge is -2.31. The molecule has 2 amide bonds. The molecule has 1 N–H and O–H groups in total. The lowest BCUT2D eigenvalue weighted by molar-refractivity contribution is -0.140. The van der Waals surface area contributed by atoms with Crippen molar-refractivity contribution >= 4 is 11.8 Å². The number of nitrogens with zero attached hydrogens (tertiary/aromatic N) is 1. The zero-order valence-electron chi connectivity index (χ0n) is 19.2. The van der Waals surface area contributed by atoms with E-state index in [-0.39, 0.29) is 18.2 Å². The second-order valence-corrected chi connectivity index (χ2v) is 8.28. The summed E-state index contributed by atoms with van der Waals surface area (Å²) in [5, 5.41) is 2.94. The molecule has 0 unspecified atom stereocenters. The standard InChI is InChI=1S/C28H32N2O2/c1-4-29-28(32)26(18-23-11-7-5-8-12-23)30(20-24-13-9-6-10-14-24)27(31)19-25-16-21(2)15-22(3)17-25/h5-17,26H,4,18-20H2,1-3H3,(H,29,32)/t26-/m0/s1. The van der Waals surface area contributed by atoms with Gasteiger partial charge in [-0.3, -0.25) is 9.59 Å². The number of hydrogen-bond acceptors (Lipinski definition) is 2. The third-order valence-electron chi connectivity index (χ3n) is 5.45. The van der Waals surface area contributed by atoms with Crippen LogP contribution in [0.5, 0.6) is 0 Å². The predicted octanol–water partition coefficient (Wildman–Crippen LogP) is 4.62. The van der Waals surface area contributed by atoms with Crippen LogP contribution in [0.2, 0.25) is 0 Å². The van der Waals surface area contributed by atoms with Gasteiger partial charge < -0.3 is 10.2 Å². The number of hydrogen-bond donors (Lipinski definition) is 1. The van der Waals surface area contributed by atoms with E-state index >= 15 is 0 Å². The molecule has 3 rings (SSSR count). The maximum atomic E-state index is 13.6. The van der Waals surface area contributed by atoms with Crippen molar-refractivity contribution < 1.29 is 9.59 Å². The minimum absolute atomic E-state index is 0.0500. The average Bonchev–Trinajstić information content (AvgIpc) is 2.77. The van der Waals surface area contributed by atoms with Crippen molar-refractivity contribution in [3.63, 3.8) is 0 Å². The summed E-state index contributed by atoms with van der Waals surface area (Å²) in [6, 6.07) is 25.3. The van der Waals surface area contributed by atoms with E-state index < -0.39 is 6.04 Å². The Kier molecular flexibility index (Phi) is 8.20. The Morgan fingerprint density at radius 3 is 1.94 bits per heavy atom. The molecule has 0 aliphatic carbocycles. The highest BCUT2D eigenvalue weighted by Crippen LogP contribution is 2.17. The number of amides is 2. The lowest BCUT2D eigenvalue weighted by Crippen LogP contribution is -2.50. The summed E-state index contributed by atoms with van der Waals surface area (Å²) in [6.45, 7) is 6.88. The van der Waals surface area contributed by atoms with Crippen molar-refractivity contribution in [3.8, 4) is 0 Å². The summed E-state index contributed by atoms with van der Waals surface area (Å²) in [4.78, 5) is 28.5. The molecular weight excluding hydrogens is 396 g/mol. The zero-order chi connectivity index (χ0) is 22.9. The number of aryl methyl sites for hydroxylation is 2. The van der Waals surface area contributed by atoms with Gasteiger partial charge in [0.05, 0.1) is 6.42 Å². The van der Waals surface area contributed by atoms with E-state index in [0.29, 0.717) is 19.5 Å². The third-order valence-corrected chi connectivity index (χ3v) is 5.45.